The Kier molecular flexibility index (Phi) is 8.97. The van der Waals surface area contributed by atoms with Crippen LogP contribution in [0.25, 0.3) is 11.5 Å². The van der Waals surface area contributed by atoms with E-state index in [0.29, 0.717) is 17.1 Å². The lowest BCUT2D eigenvalue weighted by Gasteiger charge is -2.08. The molecule has 0 bridgehead atoms. The maximum Gasteiger partial charge on any atom is 0.263 e. The highest BCUT2D eigenvalue weighted by Gasteiger charge is 2.17. The predicted octanol–water partition coefficient (Wildman–Crippen LogP) is 4.25. The fourth-order valence-corrected chi connectivity index (χ4v) is 4.31. The van der Waals surface area contributed by atoms with E-state index in [1.807, 2.05) is 44.2 Å². The smallest absolute Gasteiger partial charge is 0.263 e. The van der Waals surface area contributed by atoms with E-state index in [1.54, 1.807) is 6.07 Å². The van der Waals surface area contributed by atoms with Crippen LogP contribution in [0.1, 0.15) is 31.2 Å². The molecule has 0 saturated carbocycles. The zero-order chi connectivity index (χ0) is 26.3. The summed E-state index contributed by atoms with van der Waals surface area (Å²) in [5, 5.41) is 15.4. The lowest BCUT2D eigenvalue weighted by atomic mass is 10.2. The monoisotopic (exact) mass is 530 g/mol. The molecule has 0 amide bonds. The molecule has 2 heterocycles. The van der Waals surface area contributed by atoms with Crippen molar-refractivity contribution in [3.05, 3.63) is 71.1 Å². The standard InChI is InChI=1S/C16H17ClN6O3S.C8H10O/c1-8(2)14-22-15(26-23-14)10-7-19-16(21-13(10)18)20-9-4-5-12(11(17)6-9)27(3,24)25;9-7-6-8-4-2-1-3-5-8/h4-8H,1-3H3,(H3,18,19,20,21);1-5,9H,6-7H2. The number of nitrogen functional groups attached to an aromatic ring is 1. The van der Waals surface area contributed by atoms with Crippen molar-refractivity contribution < 1.29 is 18.0 Å². The van der Waals surface area contributed by atoms with Crippen LogP contribution >= 0.6 is 11.6 Å². The molecule has 0 unspecified atom stereocenters. The van der Waals surface area contributed by atoms with Gasteiger partial charge in [0.2, 0.25) is 5.95 Å². The van der Waals surface area contributed by atoms with E-state index in [2.05, 4.69) is 25.4 Å². The summed E-state index contributed by atoms with van der Waals surface area (Å²) in [6.07, 6.45) is 3.32. The van der Waals surface area contributed by atoms with Gasteiger partial charge in [0.15, 0.2) is 15.7 Å². The van der Waals surface area contributed by atoms with Crippen molar-refractivity contribution in [3.63, 3.8) is 0 Å². The summed E-state index contributed by atoms with van der Waals surface area (Å²) in [5.41, 5.74) is 8.11. The van der Waals surface area contributed by atoms with Gasteiger partial charge in [0, 0.05) is 30.7 Å². The first-order valence-corrected chi connectivity index (χ1v) is 13.2. The summed E-state index contributed by atoms with van der Waals surface area (Å²) in [6, 6.07) is 14.4. The summed E-state index contributed by atoms with van der Waals surface area (Å²) in [4.78, 5) is 12.7. The minimum absolute atomic E-state index is 0.0443. The van der Waals surface area contributed by atoms with Crippen LogP contribution in [0.3, 0.4) is 0 Å². The predicted molar refractivity (Wildman–Crippen MR) is 139 cm³/mol. The summed E-state index contributed by atoms with van der Waals surface area (Å²) in [6.45, 7) is 4.13. The molecule has 0 radical (unpaired) electrons. The molecule has 4 aromatic rings. The van der Waals surface area contributed by atoms with Gasteiger partial charge in [0.1, 0.15) is 11.4 Å². The van der Waals surface area contributed by atoms with E-state index < -0.39 is 9.84 Å². The first-order chi connectivity index (χ1) is 17.1. The summed E-state index contributed by atoms with van der Waals surface area (Å²) < 4.78 is 28.4. The van der Waals surface area contributed by atoms with Gasteiger partial charge in [-0.25, -0.2) is 13.4 Å². The number of halogens is 1. The molecule has 0 spiro atoms. The Bertz CT molecular complexity index is 1410. The van der Waals surface area contributed by atoms with Crippen LogP contribution in [-0.4, -0.2) is 46.5 Å². The molecule has 0 aliphatic rings. The Balaban J connectivity index is 0.000000338. The van der Waals surface area contributed by atoms with E-state index >= 15 is 0 Å². The molecule has 12 heteroatoms. The Labute approximate surface area is 214 Å². The fraction of sp³-hybridized carbons (Fsp3) is 0.250. The van der Waals surface area contributed by atoms with Crippen LogP contribution in [0.5, 0.6) is 0 Å². The van der Waals surface area contributed by atoms with Crippen LogP contribution in [0.15, 0.2) is 64.1 Å². The molecule has 190 valence electrons. The van der Waals surface area contributed by atoms with Crippen LogP contribution in [-0.2, 0) is 16.3 Å². The highest BCUT2D eigenvalue weighted by atomic mass is 35.5. The minimum atomic E-state index is -3.40. The van der Waals surface area contributed by atoms with Gasteiger partial charge in [-0.15, -0.1) is 0 Å². The lowest BCUT2D eigenvalue weighted by Crippen LogP contribution is -2.03. The van der Waals surface area contributed by atoms with Gasteiger partial charge in [0.25, 0.3) is 5.89 Å². The van der Waals surface area contributed by atoms with Crippen LogP contribution < -0.4 is 11.1 Å². The number of benzene rings is 2. The number of hydrogen-bond acceptors (Lipinski definition) is 10. The third-order valence-corrected chi connectivity index (χ3v) is 6.42. The molecule has 0 atom stereocenters. The van der Waals surface area contributed by atoms with Crippen LogP contribution in [0, 0.1) is 0 Å². The molecule has 36 heavy (non-hydrogen) atoms. The average molecular weight is 531 g/mol. The number of aliphatic hydroxyl groups excluding tert-OH is 1. The largest absolute Gasteiger partial charge is 0.396 e. The molecule has 0 saturated heterocycles. The fourth-order valence-electron chi connectivity index (χ4n) is 2.98. The third-order valence-electron chi connectivity index (χ3n) is 4.84. The van der Waals surface area contributed by atoms with Crippen molar-refractivity contribution in [1.82, 2.24) is 20.1 Å². The molecule has 4 N–H and O–H groups in total. The number of nitrogens with one attached hydrogen (secondary N) is 1. The highest BCUT2D eigenvalue weighted by Crippen LogP contribution is 2.28. The van der Waals surface area contributed by atoms with Crippen LogP contribution in [0.2, 0.25) is 5.02 Å². The molecule has 0 fully saturated rings. The van der Waals surface area contributed by atoms with Crippen molar-refractivity contribution in [2.24, 2.45) is 0 Å². The van der Waals surface area contributed by atoms with Gasteiger partial charge >= 0.3 is 0 Å². The number of aromatic nitrogens is 4. The normalized spacial score (nSPS) is 11.2. The summed E-state index contributed by atoms with van der Waals surface area (Å²) in [7, 11) is -3.40. The maximum atomic E-state index is 11.6. The number of nitrogens with two attached hydrogens (primary N) is 1. The van der Waals surface area contributed by atoms with Crippen molar-refractivity contribution in [2.75, 3.05) is 23.9 Å². The highest BCUT2D eigenvalue weighted by molar-refractivity contribution is 7.90. The van der Waals surface area contributed by atoms with Crippen molar-refractivity contribution in [2.45, 2.75) is 31.1 Å². The Morgan fingerprint density at radius 3 is 2.42 bits per heavy atom. The second-order valence-corrected chi connectivity index (χ2v) is 10.5. The first-order valence-electron chi connectivity index (χ1n) is 11.0. The molecule has 2 aromatic heterocycles. The third kappa shape index (κ3) is 7.23. The number of rotatable bonds is 7. The molecular weight excluding hydrogens is 504 g/mol. The van der Waals surface area contributed by atoms with Crippen molar-refractivity contribution >= 4 is 38.9 Å². The zero-order valence-corrected chi connectivity index (χ0v) is 21.6. The second kappa shape index (κ2) is 11.9. The SMILES string of the molecule is CC(C)c1noc(-c2cnc(Nc3ccc(S(C)(=O)=O)c(Cl)c3)nc2N)n1.OCCc1ccccc1. The first kappa shape index (κ1) is 27.1. The molecular formula is C24H27ClN6O4S. The van der Waals surface area contributed by atoms with Gasteiger partial charge in [-0.2, -0.15) is 9.97 Å². The Morgan fingerprint density at radius 2 is 1.86 bits per heavy atom. The van der Waals surface area contributed by atoms with Gasteiger partial charge in [-0.1, -0.05) is 60.9 Å². The number of sulfone groups is 1. The van der Waals surface area contributed by atoms with Gasteiger partial charge < -0.3 is 20.7 Å². The number of anilines is 3. The quantitative estimate of drug-likeness (QED) is 0.315. The van der Waals surface area contributed by atoms with Crippen LogP contribution in [0.4, 0.5) is 17.5 Å². The summed E-state index contributed by atoms with van der Waals surface area (Å²) >= 11 is 6.03. The Morgan fingerprint density at radius 1 is 1.14 bits per heavy atom. The average Bonchev–Trinajstić information content (AvgIpc) is 3.30. The lowest BCUT2D eigenvalue weighted by molar-refractivity contribution is 0.299. The van der Waals surface area contributed by atoms with Gasteiger partial charge in [0.05, 0.1) is 9.92 Å². The molecule has 0 aliphatic carbocycles. The number of nitrogens with zero attached hydrogens (tertiary/aromatic N) is 4. The second-order valence-electron chi connectivity index (χ2n) is 8.11. The molecule has 10 nitrogen and oxygen atoms in total. The van der Waals surface area contributed by atoms with Crippen molar-refractivity contribution in [1.29, 1.82) is 0 Å². The molecule has 0 aliphatic heterocycles. The maximum absolute atomic E-state index is 11.6. The minimum Gasteiger partial charge on any atom is -0.396 e. The number of hydrogen-bond donors (Lipinski definition) is 3. The van der Waals surface area contributed by atoms with Gasteiger partial charge in [-0.3, -0.25) is 0 Å². The zero-order valence-electron chi connectivity index (χ0n) is 20.0. The van der Waals surface area contributed by atoms with Crippen molar-refractivity contribution in [3.8, 4) is 11.5 Å². The van der Waals surface area contributed by atoms with E-state index in [-0.39, 0.29) is 40.1 Å². The van der Waals surface area contributed by atoms with E-state index in [0.717, 1.165) is 12.7 Å². The number of aliphatic hydroxyl groups is 1. The molecule has 2 aromatic carbocycles. The topological polar surface area (TPSA) is 157 Å². The van der Waals surface area contributed by atoms with Gasteiger partial charge in [-0.05, 0) is 30.2 Å². The van der Waals surface area contributed by atoms with E-state index in [4.69, 9.17) is 27.0 Å². The van der Waals surface area contributed by atoms with E-state index in [9.17, 15) is 8.42 Å². The van der Waals surface area contributed by atoms with E-state index in [1.165, 1.54) is 23.9 Å². The Hall–Kier alpha value is -3.54. The summed E-state index contributed by atoms with van der Waals surface area (Å²) in [5.74, 6) is 1.29. The molecule has 4 rings (SSSR count).